The smallest absolute Gasteiger partial charge is 0.115 e. The third kappa shape index (κ3) is 5.75. The third-order valence-corrected chi connectivity index (χ3v) is 3.58. The van der Waals surface area contributed by atoms with E-state index < -0.39 is 0 Å². The zero-order chi connectivity index (χ0) is 19.6. The molecule has 0 fully saturated rings. The molecule has 138 valence electrons. The zero-order valence-corrected chi connectivity index (χ0v) is 15.8. The highest BCUT2D eigenvalue weighted by Gasteiger charge is 1.97. The Morgan fingerprint density at radius 1 is 0.571 bits per heavy atom. The fourth-order valence-electron chi connectivity index (χ4n) is 2.39. The number of pyridine rings is 3. The van der Waals surface area contributed by atoms with Gasteiger partial charge >= 0.3 is 0 Å². The molecule has 0 aliphatic rings. The molecule has 0 aromatic carbocycles. The molecule has 3 heterocycles. The topological polar surface area (TPSA) is 57.1 Å². The van der Waals surface area contributed by atoms with Gasteiger partial charge in [-0.15, -0.1) is 0 Å². The van der Waals surface area contributed by atoms with Gasteiger partial charge in [0.1, 0.15) is 22.8 Å². The van der Waals surface area contributed by atoms with Crippen molar-refractivity contribution in [2.24, 2.45) is 0 Å². The molecule has 0 bridgehead atoms. The summed E-state index contributed by atoms with van der Waals surface area (Å²) in [4.78, 5) is 13.3. The summed E-state index contributed by atoms with van der Waals surface area (Å²) in [5, 5.41) is 0. The summed E-state index contributed by atoms with van der Waals surface area (Å²) in [6.07, 6.45) is 0. The average Bonchev–Trinajstić information content (AvgIpc) is 2.72. The van der Waals surface area contributed by atoms with Crippen LogP contribution in [0, 0.1) is 23.7 Å². The van der Waals surface area contributed by atoms with E-state index >= 15 is 0 Å². The van der Waals surface area contributed by atoms with E-state index in [4.69, 9.17) is 9.47 Å². The van der Waals surface area contributed by atoms with E-state index in [0.29, 0.717) is 36.0 Å². The Morgan fingerprint density at radius 2 is 0.929 bits per heavy atom. The van der Waals surface area contributed by atoms with Crippen LogP contribution in [0.5, 0.6) is 0 Å². The molecule has 28 heavy (non-hydrogen) atoms. The maximum atomic E-state index is 5.10. The van der Waals surface area contributed by atoms with Crippen LogP contribution in [0.1, 0.15) is 34.2 Å². The van der Waals surface area contributed by atoms with Gasteiger partial charge in [0.15, 0.2) is 0 Å². The van der Waals surface area contributed by atoms with E-state index in [9.17, 15) is 0 Å². The van der Waals surface area contributed by atoms with Crippen molar-refractivity contribution in [3.63, 3.8) is 0 Å². The number of nitrogens with zero attached hydrogens (tertiary/aromatic N) is 3. The first-order chi connectivity index (χ1) is 13.8. The quantitative estimate of drug-likeness (QED) is 0.662. The molecule has 0 saturated heterocycles. The maximum absolute atomic E-state index is 5.10. The van der Waals surface area contributed by atoms with E-state index in [0.717, 1.165) is 11.4 Å². The predicted molar refractivity (Wildman–Crippen MR) is 106 cm³/mol. The normalized spacial score (nSPS) is 9.79. The minimum absolute atomic E-state index is 0.457. The molecule has 5 nitrogen and oxygen atoms in total. The molecule has 0 unspecified atom stereocenters. The van der Waals surface area contributed by atoms with Gasteiger partial charge in [0.05, 0.1) is 24.6 Å². The van der Waals surface area contributed by atoms with Gasteiger partial charge in [0.2, 0.25) is 0 Å². The van der Waals surface area contributed by atoms with Crippen LogP contribution in [0.25, 0.3) is 0 Å². The maximum Gasteiger partial charge on any atom is 0.115 e. The number of hydrogen-bond donors (Lipinski definition) is 0. The molecule has 0 amide bonds. The fourth-order valence-corrected chi connectivity index (χ4v) is 2.39. The van der Waals surface area contributed by atoms with Crippen molar-refractivity contribution >= 4 is 0 Å². The van der Waals surface area contributed by atoms with Gasteiger partial charge in [-0.3, -0.25) is 0 Å². The molecule has 0 aliphatic heterocycles. The lowest BCUT2D eigenvalue weighted by atomic mass is 10.2. The second-order valence-corrected chi connectivity index (χ2v) is 5.80. The minimum Gasteiger partial charge on any atom is -0.378 e. The van der Waals surface area contributed by atoms with E-state index in [1.54, 1.807) is 14.2 Å². The largest absolute Gasteiger partial charge is 0.378 e. The summed E-state index contributed by atoms with van der Waals surface area (Å²) < 4.78 is 10.2. The molecule has 0 spiro atoms. The molecule has 0 radical (unpaired) electrons. The van der Waals surface area contributed by atoms with Crippen molar-refractivity contribution in [1.82, 2.24) is 15.0 Å². The lowest BCUT2D eigenvalue weighted by Gasteiger charge is -1.98. The predicted octanol–water partition coefficient (Wildman–Crippen LogP) is 2.96. The van der Waals surface area contributed by atoms with Gasteiger partial charge in [0, 0.05) is 14.2 Å². The van der Waals surface area contributed by atoms with Gasteiger partial charge in [-0.25, -0.2) is 15.0 Å². The Hall–Kier alpha value is -3.51. The molecule has 3 aromatic heterocycles. The van der Waals surface area contributed by atoms with Crippen molar-refractivity contribution in [3.8, 4) is 23.7 Å². The van der Waals surface area contributed by atoms with Gasteiger partial charge in [-0.05, 0) is 60.1 Å². The lowest BCUT2D eigenvalue weighted by molar-refractivity contribution is 0.181. The molecule has 0 aliphatic carbocycles. The minimum atomic E-state index is 0.457. The number of methoxy groups -OCH3 is 2. The van der Waals surface area contributed by atoms with E-state index in [-0.39, 0.29) is 0 Å². The molecular weight excluding hydrogens is 350 g/mol. The Labute approximate surface area is 164 Å². The molecule has 0 atom stereocenters. The number of rotatable bonds is 4. The molecule has 3 aromatic rings. The van der Waals surface area contributed by atoms with Gasteiger partial charge in [0.25, 0.3) is 0 Å². The first-order valence-corrected chi connectivity index (χ1v) is 8.67. The highest BCUT2D eigenvalue weighted by molar-refractivity contribution is 5.41. The van der Waals surface area contributed by atoms with Crippen LogP contribution in [0.2, 0.25) is 0 Å². The summed E-state index contributed by atoms with van der Waals surface area (Å²) in [6, 6.07) is 16.9. The van der Waals surface area contributed by atoms with Crippen LogP contribution in [0.3, 0.4) is 0 Å². The standard InChI is InChI=1S/C23H19N3O2/c1-27-16-22-10-4-8-20(25-22)14-12-18-6-3-7-19(24-18)13-15-21-9-5-11-23(26-21)17-28-2/h3-11H,16-17H2,1-2H3. The van der Waals surface area contributed by atoms with Crippen LogP contribution in [0.15, 0.2) is 54.6 Å². The Morgan fingerprint density at radius 3 is 1.32 bits per heavy atom. The molecule has 0 saturated carbocycles. The summed E-state index contributed by atoms with van der Waals surface area (Å²) in [7, 11) is 3.28. The van der Waals surface area contributed by atoms with Crippen molar-refractivity contribution < 1.29 is 9.47 Å². The summed E-state index contributed by atoms with van der Waals surface area (Å²) in [6.45, 7) is 0.914. The fraction of sp³-hybridized carbons (Fsp3) is 0.174. The van der Waals surface area contributed by atoms with Crippen molar-refractivity contribution in [2.75, 3.05) is 14.2 Å². The monoisotopic (exact) mass is 369 g/mol. The lowest BCUT2D eigenvalue weighted by Crippen LogP contribution is -1.94. The number of hydrogen-bond acceptors (Lipinski definition) is 5. The molecule has 3 rings (SSSR count). The third-order valence-electron chi connectivity index (χ3n) is 3.58. The summed E-state index contributed by atoms with van der Waals surface area (Å²) in [5.41, 5.74) is 4.29. The molecule has 5 heteroatoms. The van der Waals surface area contributed by atoms with Crippen molar-refractivity contribution in [1.29, 1.82) is 0 Å². The van der Waals surface area contributed by atoms with E-state index in [2.05, 4.69) is 38.6 Å². The second-order valence-electron chi connectivity index (χ2n) is 5.80. The second kappa shape index (κ2) is 9.99. The average molecular weight is 369 g/mol. The zero-order valence-electron chi connectivity index (χ0n) is 15.8. The number of ether oxygens (including phenoxy) is 2. The van der Waals surface area contributed by atoms with Gasteiger partial charge < -0.3 is 9.47 Å². The Kier molecular flexibility index (Phi) is 6.87. The molecule has 0 N–H and O–H groups in total. The Balaban J connectivity index is 1.77. The van der Waals surface area contributed by atoms with E-state index in [1.165, 1.54) is 0 Å². The van der Waals surface area contributed by atoms with Crippen LogP contribution < -0.4 is 0 Å². The van der Waals surface area contributed by atoms with Crippen LogP contribution in [-0.4, -0.2) is 29.2 Å². The van der Waals surface area contributed by atoms with Crippen molar-refractivity contribution in [3.05, 3.63) is 88.8 Å². The van der Waals surface area contributed by atoms with Gasteiger partial charge in [-0.1, -0.05) is 18.2 Å². The number of aromatic nitrogens is 3. The van der Waals surface area contributed by atoms with E-state index in [1.807, 2.05) is 54.6 Å². The van der Waals surface area contributed by atoms with Crippen LogP contribution in [0.4, 0.5) is 0 Å². The van der Waals surface area contributed by atoms with Gasteiger partial charge in [-0.2, -0.15) is 0 Å². The summed E-state index contributed by atoms with van der Waals surface area (Å²) >= 11 is 0. The first-order valence-electron chi connectivity index (χ1n) is 8.67. The first kappa shape index (κ1) is 19.3. The SMILES string of the molecule is COCc1cccc(C#Cc2cccc(C#Cc3cccc(COC)n3)n2)n1. The highest BCUT2D eigenvalue weighted by Crippen LogP contribution is 2.03. The molecular formula is C23H19N3O2. The Bertz CT molecular complexity index is 989. The highest BCUT2D eigenvalue weighted by atomic mass is 16.5. The van der Waals surface area contributed by atoms with Crippen molar-refractivity contribution in [2.45, 2.75) is 13.2 Å². The van der Waals surface area contributed by atoms with Crippen LogP contribution >= 0.6 is 0 Å². The van der Waals surface area contributed by atoms with Crippen LogP contribution in [-0.2, 0) is 22.7 Å². The summed E-state index contributed by atoms with van der Waals surface area (Å²) in [5.74, 6) is 12.1.